The summed E-state index contributed by atoms with van der Waals surface area (Å²) in [5.41, 5.74) is 4.89. The topological polar surface area (TPSA) is 31.9 Å². The molecule has 3 nitrogen and oxygen atoms in total. The van der Waals surface area contributed by atoms with E-state index in [-0.39, 0.29) is 0 Å². The molecule has 0 unspecified atom stereocenters. The number of hydrogen-bond donors (Lipinski definition) is 1. The van der Waals surface area contributed by atoms with E-state index in [9.17, 15) is 0 Å². The number of aromatic nitrogens is 2. The molecule has 4 heteroatoms. The van der Waals surface area contributed by atoms with Gasteiger partial charge in [0.2, 0.25) is 0 Å². The highest BCUT2D eigenvalue weighted by molar-refractivity contribution is 7.99. The van der Waals surface area contributed by atoms with Crippen molar-refractivity contribution >= 4 is 11.8 Å². The summed E-state index contributed by atoms with van der Waals surface area (Å²) in [5.74, 6) is 3.30. The van der Waals surface area contributed by atoms with E-state index in [1.165, 1.54) is 60.7 Å². The van der Waals surface area contributed by atoms with Gasteiger partial charge in [-0.2, -0.15) is 16.9 Å². The average molecular weight is 327 g/mol. The summed E-state index contributed by atoms with van der Waals surface area (Å²) in [5, 5.41) is 7.85. The van der Waals surface area contributed by atoms with Crippen molar-refractivity contribution in [1.82, 2.24) is 15.1 Å². The molecule has 1 aromatic carbocycles. The highest BCUT2D eigenvalue weighted by Crippen LogP contribution is 2.32. The molecular weight excluding hydrogens is 302 g/mol. The van der Waals surface area contributed by atoms with E-state index in [1.807, 2.05) is 0 Å². The highest BCUT2D eigenvalue weighted by atomic mass is 32.2. The number of likely N-dealkylation sites (tertiary alicyclic amines) is 1. The Balaban J connectivity index is 1.44. The number of thioether (sulfide) groups is 1. The van der Waals surface area contributed by atoms with Crippen LogP contribution in [-0.4, -0.2) is 45.7 Å². The Morgan fingerprint density at radius 3 is 2.70 bits per heavy atom. The molecule has 2 aromatic rings. The Hall–Kier alpha value is -1.26. The van der Waals surface area contributed by atoms with E-state index < -0.39 is 0 Å². The summed E-state index contributed by atoms with van der Waals surface area (Å²) >= 11 is 2.11. The number of benzene rings is 1. The smallest absolute Gasteiger partial charge is 0.0923 e. The zero-order valence-electron chi connectivity index (χ0n) is 13.8. The fraction of sp³-hybridized carbons (Fsp3) is 0.526. The molecule has 0 aliphatic carbocycles. The summed E-state index contributed by atoms with van der Waals surface area (Å²) in [6, 6.07) is 11.7. The second-order valence-corrected chi connectivity index (χ2v) is 8.12. The summed E-state index contributed by atoms with van der Waals surface area (Å²) in [4.78, 5) is 2.72. The minimum Gasteiger partial charge on any atom is -0.300 e. The van der Waals surface area contributed by atoms with E-state index in [4.69, 9.17) is 0 Å². The third-order valence-electron chi connectivity index (χ3n) is 5.31. The maximum absolute atomic E-state index is 4.55. The summed E-state index contributed by atoms with van der Waals surface area (Å²) < 4.78 is 0. The molecule has 0 saturated carbocycles. The van der Waals surface area contributed by atoms with E-state index in [1.54, 1.807) is 0 Å². The molecule has 4 rings (SSSR count). The third kappa shape index (κ3) is 3.33. The molecule has 2 aliphatic rings. The van der Waals surface area contributed by atoms with Crippen molar-refractivity contribution in [2.45, 2.75) is 38.1 Å². The predicted octanol–water partition coefficient (Wildman–Crippen LogP) is 4.07. The predicted molar refractivity (Wildman–Crippen MR) is 98.0 cm³/mol. The Kier molecular flexibility index (Phi) is 4.45. The second-order valence-electron chi connectivity index (χ2n) is 6.90. The first kappa shape index (κ1) is 15.3. The van der Waals surface area contributed by atoms with Gasteiger partial charge in [-0.25, -0.2) is 0 Å². The largest absolute Gasteiger partial charge is 0.300 e. The summed E-state index contributed by atoms with van der Waals surface area (Å²) in [7, 11) is 0. The van der Waals surface area contributed by atoms with Gasteiger partial charge in [-0.1, -0.05) is 29.8 Å². The van der Waals surface area contributed by atoms with Gasteiger partial charge in [-0.15, -0.1) is 0 Å². The van der Waals surface area contributed by atoms with Crippen molar-refractivity contribution in [1.29, 1.82) is 0 Å². The summed E-state index contributed by atoms with van der Waals surface area (Å²) in [6.07, 6.45) is 4.00. The molecular formula is C19H25N3S. The zero-order valence-corrected chi connectivity index (χ0v) is 14.6. The fourth-order valence-electron chi connectivity index (χ4n) is 3.84. The average Bonchev–Trinajstić information content (AvgIpc) is 3.26. The normalized spacial score (nSPS) is 23.4. The van der Waals surface area contributed by atoms with Crippen LogP contribution in [0.2, 0.25) is 0 Å². The van der Waals surface area contributed by atoms with Gasteiger partial charge in [0.25, 0.3) is 0 Å². The first-order valence-corrected chi connectivity index (χ1v) is 9.89. The maximum Gasteiger partial charge on any atom is 0.0923 e. The molecule has 0 spiro atoms. The van der Waals surface area contributed by atoms with E-state index in [0.29, 0.717) is 5.92 Å². The Labute approximate surface area is 142 Å². The number of rotatable bonds is 3. The SMILES string of the molecule is Cc1ccc(-c2cc([C@@H]3CCN(C4CCSCC4)C3)[nH]n2)cc1. The molecule has 0 amide bonds. The zero-order chi connectivity index (χ0) is 15.6. The van der Waals surface area contributed by atoms with Gasteiger partial charge >= 0.3 is 0 Å². The van der Waals surface area contributed by atoms with Gasteiger partial charge < -0.3 is 0 Å². The van der Waals surface area contributed by atoms with Crippen LogP contribution in [-0.2, 0) is 0 Å². The van der Waals surface area contributed by atoms with Gasteiger partial charge in [0.1, 0.15) is 0 Å². The number of hydrogen-bond acceptors (Lipinski definition) is 3. The van der Waals surface area contributed by atoms with Gasteiger partial charge in [0.15, 0.2) is 0 Å². The van der Waals surface area contributed by atoms with Crippen LogP contribution in [0.25, 0.3) is 11.3 Å². The lowest BCUT2D eigenvalue weighted by Gasteiger charge is -2.30. The second kappa shape index (κ2) is 6.70. The van der Waals surface area contributed by atoms with E-state index >= 15 is 0 Å². The van der Waals surface area contributed by atoms with Gasteiger partial charge in [0, 0.05) is 29.8 Å². The quantitative estimate of drug-likeness (QED) is 0.922. The van der Waals surface area contributed by atoms with E-state index in [0.717, 1.165) is 11.7 Å². The van der Waals surface area contributed by atoms with Crippen LogP contribution in [0, 0.1) is 6.92 Å². The first-order valence-electron chi connectivity index (χ1n) is 8.74. The lowest BCUT2D eigenvalue weighted by Crippen LogP contribution is -2.36. The van der Waals surface area contributed by atoms with E-state index in [2.05, 4.69) is 64.1 Å². The van der Waals surface area contributed by atoms with Gasteiger partial charge in [-0.05, 0) is 50.3 Å². The molecule has 1 aromatic heterocycles. The van der Waals surface area contributed by atoms with Crippen LogP contribution in [0.15, 0.2) is 30.3 Å². The molecule has 1 atom stereocenters. The van der Waals surface area contributed by atoms with Gasteiger partial charge in [-0.3, -0.25) is 10.00 Å². The number of H-pyrrole nitrogens is 1. The number of nitrogens with zero attached hydrogens (tertiary/aromatic N) is 2. The summed E-state index contributed by atoms with van der Waals surface area (Å²) in [6.45, 7) is 4.57. The molecule has 1 N–H and O–H groups in total. The van der Waals surface area contributed by atoms with Crippen LogP contribution >= 0.6 is 11.8 Å². The highest BCUT2D eigenvalue weighted by Gasteiger charge is 2.30. The minimum absolute atomic E-state index is 0.622. The van der Waals surface area contributed by atoms with Crippen molar-refractivity contribution in [3.8, 4) is 11.3 Å². The lowest BCUT2D eigenvalue weighted by molar-refractivity contribution is 0.226. The maximum atomic E-state index is 4.55. The first-order chi connectivity index (χ1) is 11.3. The Bertz CT molecular complexity index is 643. The van der Waals surface area contributed by atoms with Crippen LogP contribution in [0.1, 0.15) is 36.4 Å². The van der Waals surface area contributed by atoms with Crippen LogP contribution in [0.5, 0.6) is 0 Å². The minimum atomic E-state index is 0.622. The third-order valence-corrected chi connectivity index (χ3v) is 6.36. The van der Waals surface area contributed by atoms with Crippen LogP contribution in [0.4, 0.5) is 0 Å². The van der Waals surface area contributed by atoms with Crippen molar-refractivity contribution < 1.29 is 0 Å². The standard InChI is InChI=1S/C19H25N3S/c1-14-2-4-15(5-3-14)18-12-19(21-20-18)16-6-9-22(13-16)17-7-10-23-11-8-17/h2-5,12,16-17H,6-11,13H2,1H3,(H,20,21)/t16-/m1/s1. The molecule has 2 aliphatic heterocycles. The molecule has 23 heavy (non-hydrogen) atoms. The Morgan fingerprint density at radius 2 is 1.91 bits per heavy atom. The van der Waals surface area contributed by atoms with Crippen molar-refractivity contribution in [2.24, 2.45) is 0 Å². The van der Waals surface area contributed by atoms with Gasteiger partial charge in [0.05, 0.1) is 5.69 Å². The molecule has 0 bridgehead atoms. The molecule has 2 fully saturated rings. The van der Waals surface area contributed by atoms with Crippen molar-refractivity contribution in [2.75, 3.05) is 24.6 Å². The number of nitrogens with one attached hydrogen (secondary N) is 1. The Morgan fingerprint density at radius 1 is 1.13 bits per heavy atom. The molecule has 122 valence electrons. The fourth-order valence-corrected chi connectivity index (χ4v) is 4.92. The molecule has 0 radical (unpaired) electrons. The monoisotopic (exact) mass is 327 g/mol. The van der Waals surface area contributed by atoms with Crippen molar-refractivity contribution in [3.63, 3.8) is 0 Å². The van der Waals surface area contributed by atoms with Crippen molar-refractivity contribution in [3.05, 3.63) is 41.6 Å². The molecule has 2 saturated heterocycles. The molecule has 3 heterocycles. The van der Waals surface area contributed by atoms with Crippen LogP contribution in [0.3, 0.4) is 0 Å². The number of aryl methyl sites for hydroxylation is 1. The van der Waals surface area contributed by atoms with Crippen LogP contribution < -0.4 is 0 Å². The number of aromatic amines is 1. The lowest BCUT2D eigenvalue weighted by atomic mass is 10.0.